The number of halogens is 1. The lowest BCUT2D eigenvalue weighted by molar-refractivity contribution is -0.497. The van der Waals surface area contributed by atoms with Gasteiger partial charge < -0.3 is 19.1 Å². The number of carbonyl (C=O) groups is 1. The van der Waals surface area contributed by atoms with E-state index in [0.29, 0.717) is 34.3 Å². The van der Waals surface area contributed by atoms with Crippen molar-refractivity contribution in [3.63, 3.8) is 0 Å². The summed E-state index contributed by atoms with van der Waals surface area (Å²) in [7, 11) is 0. The van der Waals surface area contributed by atoms with Gasteiger partial charge in [0.15, 0.2) is 5.15 Å². The van der Waals surface area contributed by atoms with E-state index < -0.39 is 6.16 Å². The van der Waals surface area contributed by atoms with Crippen molar-refractivity contribution >= 4 is 17.8 Å². The molecule has 0 amide bonds. The predicted molar refractivity (Wildman–Crippen MR) is 167 cm³/mol. The van der Waals surface area contributed by atoms with Crippen molar-refractivity contribution in [3.05, 3.63) is 106 Å². The number of ether oxygens (including phenoxy) is 2. The summed E-state index contributed by atoms with van der Waals surface area (Å²) in [6, 6.07) is 22.5. The van der Waals surface area contributed by atoms with E-state index in [9.17, 15) is 9.90 Å². The molecule has 0 saturated carbocycles. The maximum Gasteiger partial charge on any atom is 0.510 e. The Morgan fingerprint density at radius 1 is 0.915 bits per heavy atom. The van der Waals surface area contributed by atoms with Crippen molar-refractivity contribution in [3.8, 4) is 22.5 Å². The second kappa shape index (κ2) is 16.2. The first-order chi connectivity index (χ1) is 22.8. The number of hydrogen-bond donors (Lipinski definition) is 3. The molecular formula is C32H34ClN7O7. The van der Waals surface area contributed by atoms with E-state index >= 15 is 0 Å². The van der Waals surface area contributed by atoms with E-state index in [4.69, 9.17) is 31.5 Å². The van der Waals surface area contributed by atoms with Crippen LogP contribution in [0.15, 0.2) is 72.8 Å². The van der Waals surface area contributed by atoms with Gasteiger partial charge in [-0.2, -0.15) is 0 Å². The number of unbranched alkanes of at least 4 members (excludes halogenated alkanes) is 1. The van der Waals surface area contributed by atoms with Crippen LogP contribution in [0, 0.1) is 0 Å². The molecule has 2 heterocycles. The lowest BCUT2D eigenvalue weighted by Gasteiger charge is -2.12. The van der Waals surface area contributed by atoms with E-state index in [-0.39, 0.29) is 31.9 Å². The lowest BCUT2D eigenvalue weighted by Crippen LogP contribution is -2.14. The average molecular weight is 664 g/mol. The molecule has 2 aromatic heterocycles. The molecule has 0 fully saturated rings. The molecule has 0 spiro atoms. The standard InChI is InChI=1S/C32H34ClN7O7/c1-2-3-8-29-34-30(33)28(18-41)38(29)17-22-13-15-25(16-14-22)26-6-4-5-7-27(26)31-35-37-39(36-31)21-46-32(42)45-19-23-9-11-24(12-10-23)20-47-40(43)44/h4-7,9-16,41,43-44H,2-3,8,17-21H2,1H3. The summed E-state index contributed by atoms with van der Waals surface area (Å²) in [5.74, 6) is 1.22. The van der Waals surface area contributed by atoms with E-state index in [2.05, 4.69) is 32.2 Å². The Morgan fingerprint density at radius 3 is 2.28 bits per heavy atom. The first-order valence-corrected chi connectivity index (χ1v) is 15.2. The summed E-state index contributed by atoms with van der Waals surface area (Å²) in [5, 5.41) is 39.7. The SMILES string of the molecule is CCCCc1nc(Cl)c(CO)n1Cc1ccc(-c2ccccc2-c2nnn(COC(=O)OCc3ccc(CON(O)O)cc3)n2)cc1. The summed E-state index contributed by atoms with van der Waals surface area (Å²) in [4.78, 5) is 22.3. The largest absolute Gasteiger partial charge is 0.510 e. The zero-order chi connectivity index (χ0) is 33.2. The number of carbonyl (C=O) groups excluding carboxylic acids is 1. The second-order valence-corrected chi connectivity index (χ2v) is 10.9. The number of aliphatic hydroxyl groups is 1. The first-order valence-electron chi connectivity index (χ1n) is 14.8. The van der Waals surface area contributed by atoms with Gasteiger partial charge in [0.25, 0.3) is 0 Å². The second-order valence-electron chi connectivity index (χ2n) is 10.5. The molecule has 5 aromatic rings. The topological polar surface area (TPSA) is 170 Å². The number of benzene rings is 3. The smallest absolute Gasteiger partial charge is 0.429 e. The maximum atomic E-state index is 12.2. The minimum Gasteiger partial charge on any atom is -0.429 e. The molecular weight excluding hydrogens is 630 g/mol. The quantitative estimate of drug-likeness (QED) is 0.0942. The fourth-order valence-electron chi connectivity index (χ4n) is 4.83. The van der Waals surface area contributed by atoms with Crippen LogP contribution in [0.25, 0.3) is 22.5 Å². The van der Waals surface area contributed by atoms with E-state index in [1.807, 2.05) is 53.1 Å². The van der Waals surface area contributed by atoms with Crippen LogP contribution >= 0.6 is 11.6 Å². The Labute approximate surface area is 275 Å². The molecule has 15 heteroatoms. The number of imidazole rings is 1. The van der Waals surface area contributed by atoms with Crippen LogP contribution < -0.4 is 0 Å². The lowest BCUT2D eigenvalue weighted by atomic mass is 9.98. The number of aliphatic hydroxyl groups excluding tert-OH is 1. The molecule has 246 valence electrons. The third-order valence-electron chi connectivity index (χ3n) is 7.26. The van der Waals surface area contributed by atoms with Crippen LogP contribution in [0.1, 0.15) is 48.0 Å². The number of rotatable bonds is 15. The Kier molecular flexibility index (Phi) is 11.6. The van der Waals surface area contributed by atoms with Crippen molar-refractivity contribution in [2.75, 3.05) is 0 Å². The van der Waals surface area contributed by atoms with Crippen LogP contribution in [0.4, 0.5) is 4.79 Å². The number of hydrogen-bond acceptors (Lipinski definition) is 12. The fourth-order valence-corrected chi connectivity index (χ4v) is 5.09. The average Bonchev–Trinajstić information content (AvgIpc) is 3.68. The Balaban J connectivity index is 1.19. The molecule has 3 aromatic carbocycles. The molecule has 0 atom stereocenters. The van der Waals surface area contributed by atoms with Gasteiger partial charge in [-0.1, -0.05) is 97.7 Å². The Morgan fingerprint density at radius 2 is 1.60 bits per heavy atom. The van der Waals surface area contributed by atoms with E-state index in [0.717, 1.165) is 52.1 Å². The van der Waals surface area contributed by atoms with Crippen molar-refractivity contribution in [1.29, 1.82) is 0 Å². The molecule has 3 N–H and O–H groups in total. The highest BCUT2D eigenvalue weighted by molar-refractivity contribution is 6.30. The third kappa shape index (κ3) is 8.98. The normalized spacial score (nSPS) is 11.3. The van der Waals surface area contributed by atoms with Crippen molar-refractivity contribution < 1.29 is 34.6 Å². The Bertz CT molecular complexity index is 1760. The molecule has 14 nitrogen and oxygen atoms in total. The highest BCUT2D eigenvalue weighted by Gasteiger charge is 2.17. The molecule has 0 aliphatic rings. The van der Waals surface area contributed by atoms with Gasteiger partial charge in [0.05, 0.1) is 24.3 Å². The molecule has 0 aliphatic heterocycles. The van der Waals surface area contributed by atoms with Gasteiger partial charge >= 0.3 is 6.16 Å². The summed E-state index contributed by atoms with van der Waals surface area (Å²) in [6.07, 6.45) is 1.89. The van der Waals surface area contributed by atoms with Crippen LogP contribution in [0.3, 0.4) is 0 Å². The maximum absolute atomic E-state index is 12.2. The zero-order valence-electron chi connectivity index (χ0n) is 25.6. The van der Waals surface area contributed by atoms with Crippen LogP contribution in [0.2, 0.25) is 5.15 Å². The summed E-state index contributed by atoms with van der Waals surface area (Å²) >= 11 is 6.31. The number of aromatic nitrogens is 6. The molecule has 0 aliphatic carbocycles. The van der Waals surface area contributed by atoms with Crippen molar-refractivity contribution in [1.82, 2.24) is 35.1 Å². The number of nitrogens with zero attached hydrogens (tertiary/aromatic N) is 7. The monoisotopic (exact) mass is 663 g/mol. The van der Waals surface area contributed by atoms with Gasteiger partial charge in [-0.3, -0.25) is 10.4 Å². The molecule has 0 saturated heterocycles. The Hall–Kier alpha value is -4.70. The third-order valence-corrected chi connectivity index (χ3v) is 7.56. The number of tetrazole rings is 1. The van der Waals surface area contributed by atoms with Gasteiger partial charge in [0.2, 0.25) is 12.6 Å². The first kappa shape index (κ1) is 33.7. The molecule has 0 radical (unpaired) electrons. The van der Waals surface area contributed by atoms with Gasteiger partial charge in [0.1, 0.15) is 12.4 Å². The molecule has 47 heavy (non-hydrogen) atoms. The highest BCUT2D eigenvalue weighted by Crippen LogP contribution is 2.30. The van der Waals surface area contributed by atoms with Gasteiger partial charge in [-0.25, -0.2) is 14.6 Å². The van der Waals surface area contributed by atoms with Gasteiger partial charge in [0, 0.05) is 18.5 Å². The fraction of sp³-hybridized carbons (Fsp3) is 0.281. The van der Waals surface area contributed by atoms with Crippen molar-refractivity contribution in [2.45, 2.75) is 59.3 Å². The molecule has 0 bridgehead atoms. The van der Waals surface area contributed by atoms with E-state index in [1.54, 1.807) is 24.3 Å². The predicted octanol–water partition coefficient (Wildman–Crippen LogP) is 5.56. The van der Waals surface area contributed by atoms with E-state index in [1.165, 1.54) is 0 Å². The summed E-state index contributed by atoms with van der Waals surface area (Å²) < 4.78 is 12.3. The van der Waals surface area contributed by atoms with Gasteiger partial charge in [-0.15, -0.1) is 15.0 Å². The zero-order valence-corrected chi connectivity index (χ0v) is 26.3. The van der Waals surface area contributed by atoms with Crippen LogP contribution in [-0.4, -0.2) is 56.8 Å². The summed E-state index contributed by atoms with van der Waals surface area (Å²) in [6.45, 7) is 2.09. The minimum atomic E-state index is -0.908. The summed E-state index contributed by atoms with van der Waals surface area (Å²) in [5.41, 5.74) is 5.61. The highest BCUT2D eigenvalue weighted by atomic mass is 35.5. The van der Waals surface area contributed by atoms with Gasteiger partial charge in [-0.05, 0) is 39.5 Å². The minimum absolute atomic E-state index is 0.0347. The van der Waals surface area contributed by atoms with Crippen LogP contribution in [0.5, 0.6) is 0 Å². The van der Waals surface area contributed by atoms with Crippen LogP contribution in [-0.2, 0) is 53.8 Å². The molecule has 5 rings (SSSR count). The van der Waals surface area contributed by atoms with Crippen molar-refractivity contribution in [2.24, 2.45) is 0 Å². The molecule has 0 unspecified atom stereocenters. The number of aryl methyl sites for hydroxylation is 1.